The van der Waals surface area contributed by atoms with Gasteiger partial charge in [-0.25, -0.2) is 0 Å². The zero-order chi connectivity index (χ0) is 12.0. The van der Waals surface area contributed by atoms with Crippen molar-refractivity contribution in [3.63, 3.8) is 0 Å². The highest BCUT2D eigenvalue weighted by Gasteiger charge is 2.22. The second-order valence-electron chi connectivity index (χ2n) is 4.32. The van der Waals surface area contributed by atoms with Gasteiger partial charge < -0.3 is 10.4 Å². The SMILES string of the molecule is C=CCNC(C(C)C)C(O)c1ccccc1. The molecule has 2 nitrogen and oxygen atoms in total. The lowest BCUT2D eigenvalue weighted by molar-refractivity contribution is 0.107. The molecule has 0 saturated carbocycles. The smallest absolute Gasteiger partial charge is 0.0945 e. The van der Waals surface area contributed by atoms with Crippen LogP contribution >= 0.6 is 0 Å². The zero-order valence-corrected chi connectivity index (χ0v) is 10.1. The van der Waals surface area contributed by atoms with Crippen molar-refractivity contribution in [2.24, 2.45) is 5.92 Å². The van der Waals surface area contributed by atoms with Crippen LogP contribution in [-0.2, 0) is 0 Å². The Kier molecular flexibility index (Phi) is 5.23. The maximum atomic E-state index is 10.3. The van der Waals surface area contributed by atoms with Crippen molar-refractivity contribution < 1.29 is 5.11 Å². The van der Waals surface area contributed by atoms with Crippen LogP contribution in [0.3, 0.4) is 0 Å². The first-order valence-electron chi connectivity index (χ1n) is 5.74. The average molecular weight is 219 g/mol. The Hall–Kier alpha value is -1.12. The fourth-order valence-corrected chi connectivity index (χ4v) is 1.79. The van der Waals surface area contributed by atoms with E-state index in [-0.39, 0.29) is 6.04 Å². The minimum Gasteiger partial charge on any atom is -0.387 e. The molecule has 2 heteroatoms. The van der Waals surface area contributed by atoms with Crippen LogP contribution in [0.2, 0.25) is 0 Å². The van der Waals surface area contributed by atoms with E-state index in [4.69, 9.17) is 0 Å². The van der Waals surface area contributed by atoms with Crippen molar-refractivity contribution in [3.8, 4) is 0 Å². The van der Waals surface area contributed by atoms with Crippen molar-refractivity contribution in [1.29, 1.82) is 0 Å². The van der Waals surface area contributed by atoms with E-state index < -0.39 is 6.10 Å². The largest absolute Gasteiger partial charge is 0.387 e. The summed E-state index contributed by atoms with van der Waals surface area (Å²) in [5.74, 6) is 0.371. The molecule has 0 aliphatic rings. The van der Waals surface area contributed by atoms with Gasteiger partial charge in [-0.15, -0.1) is 6.58 Å². The lowest BCUT2D eigenvalue weighted by Gasteiger charge is -2.27. The molecule has 0 fully saturated rings. The molecule has 0 bridgehead atoms. The Balaban J connectivity index is 2.74. The van der Waals surface area contributed by atoms with E-state index >= 15 is 0 Å². The van der Waals surface area contributed by atoms with Crippen LogP contribution in [0.4, 0.5) is 0 Å². The molecule has 0 aliphatic carbocycles. The Morgan fingerprint density at radius 1 is 1.31 bits per heavy atom. The molecule has 0 aromatic heterocycles. The number of nitrogens with one attached hydrogen (secondary N) is 1. The summed E-state index contributed by atoms with van der Waals surface area (Å²) in [5, 5.41) is 13.6. The Morgan fingerprint density at radius 3 is 2.44 bits per heavy atom. The fraction of sp³-hybridized carbons (Fsp3) is 0.429. The normalized spacial score (nSPS) is 14.8. The van der Waals surface area contributed by atoms with Crippen LogP contribution in [0.1, 0.15) is 25.5 Å². The fourth-order valence-electron chi connectivity index (χ4n) is 1.79. The number of aliphatic hydroxyl groups is 1. The summed E-state index contributed by atoms with van der Waals surface area (Å²) >= 11 is 0. The number of benzene rings is 1. The van der Waals surface area contributed by atoms with Crippen LogP contribution in [0.25, 0.3) is 0 Å². The van der Waals surface area contributed by atoms with Crippen molar-refractivity contribution in [3.05, 3.63) is 48.6 Å². The molecule has 88 valence electrons. The van der Waals surface area contributed by atoms with Gasteiger partial charge in [-0.2, -0.15) is 0 Å². The summed E-state index contributed by atoms with van der Waals surface area (Å²) in [6.07, 6.45) is 1.34. The maximum Gasteiger partial charge on any atom is 0.0945 e. The third kappa shape index (κ3) is 3.47. The number of hydrogen-bond donors (Lipinski definition) is 2. The van der Waals surface area contributed by atoms with E-state index in [0.29, 0.717) is 12.5 Å². The predicted molar refractivity (Wildman–Crippen MR) is 68.2 cm³/mol. The molecule has 0 amide bonds. The van der Waals surface area contributed by atoms with Crippen molar-refractivity contribution in [2.75, 3.05) is 6.54 Å². The highest BCUT2D eigenvalue weighted by molar-refractivity contribution is 5.19. The predicted octanol–water partition coefficient (Wildman–Crippen LogP) is 2.52. The molecular weight excluding hydrogens is 198 g/mol. The molecule has 1 aromatic rings. The zero-order valence-electron chi connectivity index (χ0n) is 10.1. The molecule has 0 saturated heterocycles. The summed E-state index contributed by atoms with van der Waals surface area (Å²) in [6, 6.07) is 9.82. The standard InChI is InChI=1S/C14H21NO/c1-4-10-15-13(11(2)3)14(16)12-8-6-5-7-9-12/h4-9,11,13-16H,1,10H2,2-3H3. The van der Waals surface area contributed by atoms with Gasteiger partial charge in [0.2, 0.25) is 0 Å². The lowest BCUT2D eigenvalue weighted by Crippen LogP contribution is -2.39. The number of rotatable bonds is 6. The third-order valence-electron chi connectivity index (χ3n) is 2.70. The molecule has 1 aromatic carbocycles. The number of hydrogen-bond acceptors (Lipinski definition) is 2. The van der Waals surface area contributed by atoms with Gasteiger partial charge >= 0.3 is 0 Å². The second kappa shape index (κ2) is 6.46. The van der Waals surface area contributed by atoms with Gasteiger partial charge in [0.1, 0.15) is 0 Å². The molecular formula is C14H21NO. The van der Waals surface area contributed by atoms with E-state index in [2.05, 4.69) is 25.7 Å². The molecule has 0 spiro atoms. The van der Waals surface area contributed by atoms with E-state index in [0.717, 1.165) is 5.56 Å². The van der Waals surface area contributed by atoms with Crippen LogP contribution < -0.4 is 5.32 Å². The molecule has 16 heavy (non-hydrogen) atoms. The minimum atomic E-state index is -0.471. The highest BCUT2D eigenvalue weighted by atomic mass is 16.3. The Labute approximate surface area is 98.0 Å². The van der Waals surface area contributed by atoms with Gasteiger partial charge in [-0.05, 0) is 11.5 Å². The van der Waals surface area contributed by atoms with Crippen LogP contribution in [0, 0.1) is 5.92 Å². The van der Waals surface area contributed by atoms with Gasteiger partial charge in [-0.1, -0.05) is 50.3 Å². The van der Waals surface area contributed by atoms with Gasteiger partial charge in [0.25, 0.3) is 0 Å². The lowest BCUT2D eigenvalue weighted by atomic mass is 9.93. The van der Waals surface area contributed by atoms with Crippen LogP contribution in [0.15, 0.2) is 43.0 Å². The summed E-state index contributed by atoms with van der Waals surface area (Å²) in [4.78, 5) is 0. The monoisotopic (exact) mass is 219 g/mol. The molecule has 1 rings (SSSR count). The van der Waals surface area contributed by atoms with E-state index in [1.807, 2.05) is 36.4 Å². The average Bonchev–Trinajstić information content (AvgIpc) is 2.30. The third-order valence-corrected chi connectivity index (χ3v) is 2.70. The summed E-state index contributed by atoms with van der Waals surface area (Å²) in [5.41, 5.74) is 0.956. The van der Waals surface area contributed by atoms with E-state index in [1.54, 1.807) is 0 Å². The van der Waals surface area contributed by atoms with Gasteiger partial charge in [0.05, 0.1) is 6.10 Å². The van der Waals surface area contributed by atoms with Crippen LogP contribution in [0.5, 0.6) is 0 Å². The summed E-state index contributed by atoms with van der Waals surface area (Å²) in [7, 11) is 0. The topological polar surface area (TPSA) is 32.3 Å². The van der Waals surface area contributed by atoms with Gasteiger partial charge in [0, 0.05) is 12.6 Å². The van der Waals surface area contributed by atoms with E-state index in [1.165, 1.54) is 0 Å². The first-order chi connectivity index (χ1) is 7.66. The molecule has 0 radical (unpaired) electrons. The first-order valence-corrected chi connectivity index (χ1v) is 5.74. The molecule has 2 atom stereocenters. The number of aliphatic hydroxyl groups excluding tert-OH is 1. The molecule has 2 unspecified atom stereocenters. The summed E-state index contributed by atoms with van der Waals surface area (Å²) in [6.45, 7) is 8.60. The summed E-state index contributed by atoms with van der Waals surface area (Å²) < 4.78 is 0. The van der Waals surface area contributed by atoms with Gasteiger partial charge in [-0.3, -0.25) is 0 Å². The van der Waals surface area contributed by atoms with E-state index in [9.17, 15) is 5.11 Å². The Bertz CT molecular complexity index is 308. The van der Waals surface area contributed by atoms with Crippen molar-refractivity contribution in [2.45, 2.75) is 26.0 Å². The Morgan fingerprint density at radius 2 is 1.94 bits per heavy atom. The molecule has 0 aliphatic heterocycles. The minimum absolute atomic E-state index is 0.0559. The van der Waals surface area contributed by atoms with Gasteiger partial charge in [0.15, 0.2) is 0 Å². The molecule has 2 N–H and O–H groups in total. The van der Waals surface area contributed by atoms with Crippen molar-refractivity contribution in [1.82, 2.24) is 5.32 Å². The molecule has 0 heterocycles. The maximum absolute atomic E-state index is 10.3. The quantitative estimate of drug-likeness (QED) is 0.721. The first kappa shape index (κ1) is 12.9. The van der Waals surface area contributed by atoms with Crippen molar-refractivity contribution >= 4 is 0 Å². The highest BCUT2D eigenvalue weighted by Crippen LogP contribution is 2.21. The second-order valence-corrected chi connectivity index (χ2v) is 4.32. The van der Waals surface area contributed by atoms with Crippen LogP contribution in [-0.4, -0.2) is 17.7 Å².